The molecule has 1 saturated heterocycles. The smallest absolute Gasteiger partial charge is 0.229 e. The van der Waals surface area contributed by atoms with Gasteiger partial charge in [-0.3, -0.25) is 9.59 Å². The molecule has 0 saturated carbocycles. The highest BCUT2D eigenvalue weighted by Gasteiger charge is 2.35. The third-order valence-electron chi connectivity index (χ3n) is 5.21. The molecule has 5 heteroatoms. The van der Waals surface area contributed by atoms with E-state index >= 15 is 0 Å². The molecule has 3 rings (SSSR count). The quantitative estimate of drug-likeness (QED) is 0.807. The number of hydrogen-bond acceptors (Lipinski definition) is 2. The van der Waals surface area contributed by atoms with E-state index in [4.69, 9.17) is 11.6 Å². The van der Waals surface area contributed by atoms with Crippen molar-refractivity contribution in [2.45, 2.75) is 40.0 Å². The SMILES string of the molecule is CCc1cccc(CC)c1NC(=O)[C@@H]1CC(=O)N(c2ccc(C)c(Cl)c2)C1. The van der Waals surface area contributed by atoms with Crippen LogP contribution in [-0.4, -0.2) is 18.4 Å². The van der Waals surface area contributed by atoms with Crippen LogP contribution in [0.2, 0.25) is 5.02 Å². The second-order valence-electron chi connectivity index (χ2n) is 6.99. The summed E-state index contributed by atoms with van der Waals surface area (Å²) in [6.07, 6.45) is 1.91. The van der Waals surface area contributed by atoms with Gasteiger partial charge in [0.15, 0.2) is 0 Å². The molecule has 142 valence electrons. The minimum Gasteiger partial charge on any atom is -0.325 e. The van der Waals surface area contributed by atoms with Crippen LogP contribution in [0.4, 0.5) is 11.4 Å². The fourth-order valence-corrected chi connectivity index (χ4v) is 3.69. The molecule has 2 aromatic rings. The number of carbonyl (C=O) groups is 2. The van der Waals surface area contributed by atoms with Crippen LogP contribution in [0.5, 0.6) is 0 Å². The summed E-state index contributed by atoms with van der Waals surface area (Å²) in [5.41, 5.74) is 4.85. The Balaban J connectivity index is 1.78. The number of anilines is 2. The molecule has 0 radical (unpaired) electrons. The van der Waals surface area contributed by atoms with E-state index in [-0.39, 0.29) is 24.2 Å². The Morgan fingerprint density at radius 3 is 2.44 bits per heavy atom. The Bertz CT molecular complexity index is 856. The van der Waals surface area contributed by atoms with E-state index in [1.807, 2.05) is 37.3 Å². The van der Waals surface area contributed by atoms with Crippen molar-refractivity contribution < 1.29 is 9.59 Å². The molecule has 1 fully saturated rings. The number of rotatable bonds is 5. The number of carbonyl (C=O) groups excluding carboxylic acids is 2. The van der Waals surface area contributed by atoms with E-state index < -0.39 is 0 Å². The van der Waals surface area contributed by atoms with Crippen molar-refractivity contribution >= 4 is 34.8 Å². The summed E-state index contributed by atoms with van der Waals surface area (Å²) in [5.74, 6) is -0.513. The zero-order valence-electron chi connectivity index (χ0n) is 16.0. The predicted octanol–water partition coefficient (Wildman–Crippen LogP) is 4.76. The van der Waals surface area contributed by atoms with E-state index in [0.717, 1.165) is 40.9 Å². The first-order chi connectivity index (χ1) is 12.9. The molecular weight excluding hydrogens is 360 g/mol. The molecule has 2 aromatic carbocycles. The lowest BCUT2D eigenvalue weighted by molar-refractivity contribution is -0.122. The van der Waals surface area contributed by atoms with Crippen LogP contribution in [0.15, 0.2) is 36.4 Å². The van der Waals surface area contributed by atoms with E-state index in [1.165, 1.54) is 0 Å². The van der Waals surface area contributed by atoms with Gasteiger partial charge in [-0.15, -0.1) is 0 Å². The van der Waals surface area contributed by atoms with Crippen molar-refractivity contribution in [2.24, 2.45) is 5.92 Å². The first kappa shape index (κ1) is 19.4. The standard InChI is InChI=1S/C22H25ClN2O2/c1-4-15-7-6-8-16(5-2)21(15)24-22(27)17-11-20(26)25(13-17)18-10-9-14(3)19(23)12-18/h6-10,12,17H,4-5,11,13H2,1-3H3,(H,24,27)/t17-/m1/s1. The Labute approximate surface area is 165 Å². The average Bonchev–Trinajstić information content (AvgIpc) is 3.06. The summed E-state index contributed by atoms with van der Waals surface area (Å²) in [5, 5.41) is 3.71. The maximum atomic E-state index is 12.9. The maximum Gasteiger partial charge on any atom is 0.229 e. The molecule has 0 aliphatic carbocycles. The van der Waals surface area contributed by atoms with Crippen LogP contribution in [0.25, 0.3) is 0 Å². The Morgan fingerprint density at radius 2 is 1.85 bits per heavy atom. The van der Waals surface area contributed by atoms with Gasteiger partial charge in [-0.05, 0) is 48.6 Å². The molecule has 1 N–H and O–H groups in total. The van der Waals surface area contributed by atoms with Crippen molar-refractivity contribution in [2.75, 3.05) is 16.8 Å². The normalized spacial score (nSPS) is 16.7. The van der Waals surface area contributed by atoms with Crippen molar-refractivity contribution in [3.63, 3.8) is 0 Å². The monoisotopic (exact) mass is 384 g/mol. The van der Waals surface area contributed by atoms with Gasteiger partial charge in [0.2, 0.25) is 11.8 Å². The van der Waals surface area contributed by atoms with Gasteiger partial charge < -0.3 is 10.2 Å². The van der Waals surface area contributed by atoms with Crippen LogP contribution < -0.4 is 10.2 Å². The predicted molar refractivity (Wildman–Crippen MR) is 110 cm³/mol. The maximum absolute atomic E-state index is 12.9. The van der Waals surface area contributed by atoms with E-state index in [9.17, 15) is 9.59 Å². The minimum absolute atomic E-state index is 0.0467. The molecule has 1 heterocycles. The fraction of sp³-hybridized carbons (Fsp3) is 0.364. The van der Waals surface area contributed by atoms with Gasteiger partial charge in [0.25, 0.3) is 0 Å². The molecule has 0 spiro atoms. The zero-order valence-corrected chi connectivity index (χ0v) is 16.8. The van der Waals surface area contributed by atoms with Gasteiger partial charge in [-0.25, -0.2) is 0 Å². The highest BCUT2D eigenvalue weighted by molar-refractivity contribution is 6.31. The molecule has 1 aliphatic rings. The molecule has 0 aromatic heterocycles. The van der Waals surface area contributed by atoms with Crippen LogP contribution in [0, 0.1) is 12.8 Å². The van der Waals surface area contributed by atoms with Gasteiger partial charge in [-0.2, -0.15) is 0 Å². The number of nitrogens with one attached hydrogen (secondary N) is 1. The lowest BCUT2D eigenvalue weighted by Crippen LogP contribution is -2.28. The number of hydrogen-bond donors (Lipinski definition) is 1. The summed E-state index contributed by atoms with van der Waals surface area (Å²) < 4.78 is 0. The second kappa shape index (κ2) is 8.13. The number of aryl methyl sites for hydroxylation is 3. The summed E-state index contributed by atoms with van der Waals surface area (Å²) in [4.78, 5) is 27.0. The first-order valence-electron chi connectivity index (χ1n) is 9.42. The van der Waals surface area contributed by atoms with Gasteiger partial charge >= 0.3 is 0 Å². The summed E-state index contributed by atoms with van der Waals surface area (Å²) in [7, 11) is 0. The summed E-state index contributed by atoms with van der Waals surface area (Å²) >= 11 is 6.20. The van der Waals surface area contributed by atoms with E-state index in [0.29, 0.717) is 11.6 Å². The van der Waals surface area contributed by atoms with Crippen molar-refractivity contribution in [1.82, 2.24) is 0 Å². The van der Waals surface area contributed by atoms with Gasteiger partial charge in [0, 0.05) is 29.4 Å². The third kappa shape index (κ3) is 4.01. The van der Waals surface area contributed by atoms with Crippen molar-refractivity contribution in [1.29, 1.82) is 0 Å². The molecule has 1 atom stereocenters. The largest absolute Gasteiger partial charge is 0.325 e. The number of para-hydroxylation sites is 1. The lowest BCUT2D eigenvalue weighted by Gasteiger charge is -2.19. The topological polar surface area (TPSA) is 49.4 Å². The van der Waals surface area contributed by atoms with Crippen LogP contribution in [0.3, 0.4) is 0 Å². The van der Waals surface area contributed by atoms with Gasteiger partial charge in [-0.1, -0.05) is 49.7 Å². The first-order valence-corrected chi connectivity index (χ1v) is 9.80. The fourth-order valence-electron chi connectivity index (χ4n) is 3.51. The molecular formula is C22H25ClN2O2. The van der Waals surface area contributed by atoms with Crippen LogP contribution in [-0.2, 0) is 22.4 Å². The summed E-state index contributed by atoms with van der Waals surface area (Å²) in [6, 6.07) is 11.7. The Kier molecular flexibility index (Phi) is 5.85. The molecule has 1 aliphatic heterocycles. The molecule has 0 bridgehead atoms. The third-order valence-corrected chi connectivity index (χ3v) is 5.62. The highest BCUT2D eigenvalue weighted by Crippen LogP contribution is 2.30. The lowest BCUT2D eigenvalue weighted by atomic mass is 10.0. The number of benzene rings is 2. The number of nitrogens with zero attached hydrogens (tertiary/aromatic N) is 1. The molecule has 2 amide bonds. The van der Waals surface area contributed by atoms with Crippen molar-refractivity contribution in [3.05, 3.63) is 58.1 Å². The van der Waals surface area contributed by atoms with Crippen LogP contribution >= 0.6 is 11.6 Å². The second-order valence-corrected chi connectivity index (χ2v) is 7.39. The Hall–Kier alpha value is -2.33. The Morgan fingerprint density at radius 1 is 1.19 bits per heavy atom. The molecule has 0 unspecified atom stereocenters. The summed E-state index contributed by atoms with van der Waals surface area (Å²) in [6.45, 7) is 6.45. The van der Waals surface area contributed by atoms with Crippen LogP contribution in [0.1, 0.15) is 37.0 Å². The van der Waals surface area contributed by atoms with Gasteiger partial charge in [0.05, 0.1) is 5.92 Å². The number of amides is 2. The minimum atomic E-state index is -0.368. The van der Waals surface area contributed by atoms with E-state index in [1.54, 1.807) is 11.0 Å². The highest BCUT2D eigenvalue weighted by atomic mass is 35.5. The molecule has 27 heavy (non-hydrogen) atoms. The van der Waals surface area contributed by atoms with E-state index in [2.05, 4.69) is 19.2 Å². The van der Waals surface area contributed by atoms with Gasteiger partial charge in [0.1, 0.15) is 0 Å². The molecule has 4 nitrogen and oxygen atoms in total. The number of halogens is 1. The zero-order chi connectivity index (χ0) is 19.6. The van der Waals surface area contributed by atoms with Crippen molar-refractivity contribution in [3.8, 4) is 0 Å². The average molecular weight is 385 g/mol.